The van der Waals surface area contributed by atoms with Crippen LogP contribution in [-0.4, -0.2) is 20.2 Å². The molecule has 11 heavy (non-hydrogen) atoms. The summed E-state index contributed by atoms with van der Waals surface area (Å²) >= 11 is 21.0. The van der Waals surface area contributed by atoms with Gasteiger partial charge in [-0.2, -0.15) is 0 Å². The molecular weight excluding hydrogens is 257 g/mol. The predicted octanol–water partition coefficient (Wildman–Crippen LogP) is 2.86. The third kappa shape index (κ3) is 8.83. The van der Waals surface area contributed by atoms with Crippen molar-refractivity contribution in [2.24, 2.45) is 0 Å². The Labute approximate surface area is 90.2 Å². The molecule has 0 fully saturated rings. The summed E-state index contributed by atoms with van der Waals surface area (Å²) in [6, 6.07) is 0. The summed E-state index contributed by atoms with van der Waals surface area (Å²) in [4.78, 5) is 10.1. The smallest absolute Gasteiger partial charge is 0.321 e. The summed E-state index contributed by atoms with van der Waals surface area (Å²) in [5.74, 6) is -1.19. The number of carboxylic acid groups (broad SMARTS) is 1. The van der Waals surface area contributed by atoms with E-state index >= 15 is 0 Å². The average Bonchev–Trinajstić information content (AvgIpc) is 1.60. The van der Waals surface area contributed by atoms with Gasteiger partial charge in [0.1, 0.15) is 5.38 Å². The van der Waals surface area contributed by atoms with Crippen LogP contribution in [0.5, 0.6) is 0 Å². The maximum Gasteiger partial charge on any atom is 0.321 e. The van der Waals surface area contributed by atoms with Crippen LogP contribution in [0.2, 0.25) is 0 Å². The van der Waals surface area contributed by atoms with E-state index in [9.17, 15) is 4.79 Å². The molecule has 7 heteroatoms. The number of halogens is 5. The van der Waals surface area contributed by atoms with Crippen LogP contribution in [-0.2, 0) is 4.79 Å². The molecular formula is C4H5Cl5O2. The second-order valence-corrected chi connectivity index (χ2v) is 4.67. The van der Waals surface area contributed by atoms with Crippen molar-refractivity contribution in [1.82, 2.24) is 0 Å². The summed E-state index contributed by atoms with van der Waals surface area (Å²) < 4.78 is -1.59. The Hall–Kier alpha value is 0.920. The van der Waals surface area contributed by atoms with Crippen molar-refractivity contribution >= 4 is 64.8 Å². The Morgan fingerprint density at radius 1 is 1.45 bits per heavy atom. The van der Waals surface area contributed by atoms with Crippen molar-refractivity contribution in [2.45, 2.75) is 15.6 Å². The first-order chi connectivity index (χ1) is 4.33. The van der Waals surface area contributed by atoms with Gasteiger partial charge in [0.25, 0.3) is 0 Å². The maximum atomic E-state index is 10.1. The standard InChI is InChI=1S/C4H4Cl4O2.ClH/c5-2(3(9)10)1-4(6,7)8;/h2H,1H2,(H,9,10);1H. The monoisotopic (exact) mass is 260 g/mol. The molecule has 0 heterocycles. The quantitative estimate of drug-likeness (QED) is 0.777. The van der Waals surface area contributed by atoms with E-state index < -0.39 is 15.1 Å². The van der Waals surface area contributed by atoms with E-state index in [-0.39, 0.29) is 18.8 Å². The van der Waals surface area contributed by atoms with E-state index in [0.717, 1.165) is 0 Å². The molecule has 0 amide bonds. The van der Waals surface area contributed by atoms with Crippen molar-refractivity contribution in [3.8, 4) is 0 Å². The maximum absolute atomic E-state index is 10.1. The second kappa shape index (κ2) is 5.55. The summed E-state index contributed by atoms with van der Waals surface area (Å²) in [7, 11) is 0. The van der Waals surface area contributed by atoms with Crippen LogP contribution >= 0.6 is 58.8 Å². The molecule has 68 valence electrons. The fraction of sp³-hybridized carbons (Fsp3) is 0.750. The minimum absolute atomic E-state index is 0. The summed E-state index contributed by atoms with van der Waals surface area (Å²) in [5, 5.41) is 7.09. The lowest BCUT2D eigenvalue weighted by Gasteiger charge is -2.11. The first-order valence-corrected chi connectivity index (χ1v) is 3.83. The van der Waals surface area contributed by atoms with Crippen LogP contribution in [0, 0.1) is 0 Å². The lowest BCUT2D eigenvalue weighted by atomic mass is 10.3. The minimum Gasteiger partial charge on any atom is -0.480 e. The van der Waals surface area contributed by atoms with Gasteiger partial charge in [0.05, 0.1) is 0 Å². The molecule has 0 rings (SSSR count). The lowest BCUT2D eigenvalue weighted by molar-refractivity contribution is -0.136. The molecule has 2 nitrogen and oxygen atoms in total. The van der Waals surface area contributed by atoms with Crippen LogP contribution in [0.15, 0.2) is 0 Å². The Kier molecular flexibility index (Phi) is 7.28. The third-order valence-electron chi connectivity index (χ3n) is 0.679. The van der Waals surface area contributed by atoms with Crippen LogP contribution in [0.25, 0.3) is 0 Å². The largest absolute Gasteiger partial charge is 0.480 e. The molecule has 0 saturated heterocycles. The molecule has 0 bridgehead atoms. The third-order valence-corrected chi connectivity index (χ3v) is 1.48. The Morgan fingerprint density at radius 3 is 1.91 bits per heavy atom. The number of carbonyl (C=O) groups is 1. The van der Waals surface area contributed by atoms with Gasteiger partial charge in [-0.25, -0.2) is 0 Å². The fourth-order valence-electron chi connectivity index (χ4n) is 0.291. The summed E-state index contributed by atoms with van der Waals surface area (Å²) in [6.45, 7) is 0. The number of hydrogen-bond donors (Lipinski definition) is 1. The number of hydrogen-bond acceptors (Lipinski definition) is 1. The molecule has 0 aromatic carbocycles. The summed E-state index contributed by atoms with van der Waals surface area (Å²) in [6.07, 6.45) is -0.200. The summed E-state index contributed by atoms with van der Waals surface area (Å²) in [5.41, 5.74) is 0. The molecule has 0 aliphatic heterocycles. The second-order valence-electron chi connectivity index (χ2n) is 1.63. The van der Waals surface area contributed by atoms with E-state index in [2.05, 4.69) is 0 Å². The highest BCUT2D eigenvalue weighted by Gasteiger charge is 2.28. The first kappa shape index (κ1) is 14.4. The zero-order valence-corrected chi connectivity index (χ0v) is 8.90. The minimum atomic E-state index is -1.59. The Bertz CT molecular complexity index is 131. The zero-order chi connectivity index (χ0) is 8.36. The van der Waals surface area contributed by atoms with Gasteiger partial charge in [0.15, 0.2) is 3.79 Å². The molecule has 0 aliphatic rings. The average molecular weight is 262 g/mol. The van der Waals surface area contributed by atoms with Gasteiger partial charge < -0.3 is 5.11 Å². The van der Waals surface area contributed by atoms with E-state index in [1.807, 2.05) is 0 Å². The van der Waals surface area contributed by atoms with Gasteiger partial charge in [-0.05, 0) is 0 Å². The van der Waals surface area contributed by atoms with Crippen LogP contribution in [0.1, 0.15) is 6.42 Å². The van der Waals surface area contributed by atoms with E-state index in [1.54, 1.807) is 0 Å². The molecule has 0 spiro atoms. The molecule has 0 aromatic rings. The van der Waals surface area contributed by atoms with Crippen LogP contribution in [0.4, 0.5) is 0 Å². The molecule has 0 aliphatic carbocycles. The van der Waals surface area contributed by atoms with Gasteiger partial charge in [0.2, 0.25) is 0 Å². The Balaban J connectivity index is 0. The number of alkyl halides is 4. The first-order valence-electron chi connectivity index (χ1n) is 2.26. The highest BCUT2D eigenvalue weighted by Crippen LogP contribution is 2.32. The van der Waals surface area contributed by atoms with Gasteiger partial charge in [-0.1, -0.05) is 34.8 Å². The number of carboxylic acids is 1. The SMILES string of the molecule is Cl.O=C(O)C(Cl)CC(Cl)(Cl)Cl. The van der Waals surface area contributed by atoms with Crippen LogP contribution < -0.4 is 0 Å². The van der Waals surface area contributed by atoms with Gasteiger partial charge in [-0.3, -0.25) is 4.79 Å². The number of rotatable bonds is 2. The van der Waals surface area contributed by atoms with Crippen molar-refractivity contribution in [2.75, 3.05) is 0 Å². The van der Waals surface area contributed by atoms with E-state index in [1.165, 1.54) is 0 Å². The molecule has 1 N–H and O–H groups in total. The molecule has 1 atom stereocenters. The lowest BCUT2D eigenvalue weighted by Crippen LogP contribution is -2.20. The van der Waals surface area contributed by atoms with Crippen LogP contribution in [0.3, 0.4) is 0 Å². The molecule has 1 unspecified atom stereocenters. The molecule has 0 radical (unpaired) electrons. The topological polar surface area (TPSA) is 37.3 Å². The zero-order valence-electron chi connectivity index (χ0n) is 5.06. The van der Waals surface area contributed by atoms with Gasteiger partial charge in [-0.15, -0.1) is 24.0 Å². The highest BCUT2D eigenvalue weighted by molar-refractivity contribution is 6.67. The Morgan fingerprint density at radius 2 is 1.82 bits per heavy atom. The van der Waals surface area contributed by atoms with Crippen molar-refractivity contribution in [3.05, 3.63) is 0 Å². The predicted molar refractivity (Wildman–Crippen MR) is 49.4 cm³/mol. The molecule has 0 aromatic heterocycles. The fourth-order valence-corrected chi connectivity index (χ4v) is 1.22. The van der Waals surface area contributed by atoms with Gasteiger partial charge >= 0.3 is 5.97 Å². The van der Waals surface area contributed by atoms with Crippen molar-refractivity contribution < 1.29 is 9.90 Å². The van der Waals surface area contributed by atoms with E-state index in [0.29, 0.717) is 0 Å². The van der Waals surface area contributed by atoms with Gasteiger partial charge in [0, 0.05) is 6.42 Å². The molecule has 0 saturated carbocycles. The normalized spacial score (nSPS) is 13.5. The highest BCUT2D eigenvalue weighted by atomic mass is 35.6. The van der Waals surface area contributed by atoms with E-state index in [4.69, 9.17) is 51.5 Å². The van der Waals surface area contributed by atoms with Crippen molar-refractivity contribution in [1.29, 1.82) is 0 Å². The number of aliphatic carboxylic acids is 1. The van der Waals surface area contributed by atoms with Crippen molar-refractivity contribution in [3.63, 3.8) is 0 Å².